The molecular weight excluding hydrogens is 132 g/mol. The van der Waals surface area contributed by atoms with Crippen LogP contribution in [0.15, 0.2) is 0 Å². The second-order valence-corrected chi connectivity index (χ2v) is 3.53. The van der Waals surface area contributed by atoms with Crippen molar-refractivity contribution in [2.24, 2.45) is 11.8 Å². The Balaban J connectivity index is 3.44. The van der Waals surface area contributed by atoms with Crippen molar-refractivity contribution >= 4 is 0 Å². The second-order valence-electron chi connectivity index (χ2n) is 3.53. The van der Waals surface area contributed by atoms with Crippen molar-refractivity contribution in [3.05, 3.63) is 6.42 Å². The van der Waals surface area contributed by atoms with Crippen LogP contribution in [0.1, 0.15) is 53.4 Å². The van der Waals surface area contributed by atoms with Crippen LogP contribution < -0.4 is 0 Å². The minimum Gasteiger partial charge on any atom is -0.0654 e. The lowest BCUT2D eigenvalue weighted by atomic mass is 9.89. The summed E-state index contributed by atoms with van der Waals surface area (Å²) in [7, 11) is 0. The van der Waals surface area contributed by atoms with E-state index in [1.807, 2.05) is 0 Å². The van der Waals surface area contributed by atoms with E-state index in [0.29, 0.717) is 0 Å². The van der Waals surface area contributed by atoms with E-state index in [4.69, 9.17) is 0 Å². The van der Waals surface area contributed by atoms with Gasteiger partial charge in [0.2, 0.25) is 0 Å². The predicted molar refractivity (Wildman–Crippen MR) is 52.4 cm³/mol. The van der Waals surface area contributed by atoms with Crippen LogP contribution in [-0.2, 0) is 0 Å². The first-order valence-corrected chi connectivity index (χ1v) is 5.09. The molecule has 0 aliphatic carbocycles. The van der Waals surface area contributed by atoms with Crippen molar-refractivity contribution in [3.63, 3.8) is 0 Å². The Labute approximate surface area is 72.4 Å². The molecule has 0 heterocycles. The average Bonchev–Trinajstić information content (AvgIpc) is 2.01. The molecule has 0 aromatic heterocycles. The number of hydrogen-bond donors (Lipinski definition) is 0. The van der Waals surface area contributed by atoms with Gasteiger partial charge in [0.25, 0.3) is 0 Å². The fraction of sp³-hybridized carbons (Fsp3) is 0.909. The van der Waals surface area contributed by atoms with Gasteiger partial charge < -0.3 is 0 Å². The zero-order valence-electron chi connectivity index (χ0n) is 8.56. The maximum Gasteiger partial charge on any atom is -0.0327 e. The number of rotatable bonds is 6. The van der Waals surface area contributed by atoms with Crippen LogP contribution in [-0.4, -0.2) is 0 Å². The van der Waals surface area contributed by atoms with Gasteiger partial charge in [-0.3, -0.25) is 0 Å². The van der Waals surface area contributed by atoms with Gasteiger partial charge in [0, 0.05) is 0 Å². The first-order valence-electron chi connectivity index (χ1n) is 5.09. The topological polar surface area (TPSA) is 0 Å². The van der Waals surface area contributed by atoms with Gasteiger partial charge in [-0.1, -0.05) is 53.4 Å². The Morgan fingerprint density at radius 2 is 1.64 bits per heavy atom. The van der Waals surface area contributed by atoms with Crippen LogP contribution in [0.5, 0.6) is 0 Å². The summed E-state index contributed by atoms with van der Waals surface area (Å²) in [5.74, 6) is 1.68. The van der Waals surface area contributed by atoms with Crippen molar-refractivity contribution in [2.45, 2.75) is 53.4 Å². The zero-order valence-corrected chi connectivity index (χ0v) is 8.56. The highest BCUT2D eigenvalue weighted by Crippen LogP contribution is 2.20. The molecule has 0 rings (SSSR count). The van der Waals surface area contributed by atoms with E-state index in [1.54, 1.807) is 0 Å². The lowest BCUT2D eigenvalue weighted by molar-refractivity contribution is 0.464. The molecular formula is C11H23. The molecule has 0 amide bonds. The molecule has 0 saturated heterocycles. The summed E-state index contributed by atoms with van der Waals surface area (Å²) in [5, 5.41) is 0. The molecule has 0 aromatic carbocycles. The van der Waals surface area contributed by atoms with Crippen molar-refractivity contribution in [3.8, 4) is 0 Å². The van der Waals surface area contributed by atoms with Crippen LogP contribution in [0.25, 0.3) is 0 Å². The van der Waals surface area contributed by atoms with Crippen LogP contribution in [0.3, 0.4) is 0 Å². The van der Waals surface area contributed by atoms with Crippen LogP contribution >= 0.6 is 0 Å². The smallest absolute Gasteiger partial charge is 0.0327 e. The fourth-order valence-electron chi connectivity index (χ4n) is 1.58. The second kappa shape index (κ2) is 6.69. The van der Waals surface area contributed by atoms with Crippen molar-refractivity contribution in [1.82, 2.24) is 0 Å². The van der Waals surface area contributed by atoms with Gasteiger partial charge in [-0.25, -0.2) is 0 Å². The third-order valence-corrected chi connectivity index (χ3v) is 2.39. The summed E-state index contributed by atoms with van der Waals surface area (Å²) in [4.78, 5) is 0. The zero-order chi connectivity index (χ0) is 8.69. The Hall–Kier alpha value is 0. The van der Waals surface area contributed by atoms with E-state index in [2.05, 4.69) is 34.1 Å². The fourth-order valence-corrected chi connectivity index (χ4v) is 1.58. The molecule has 1 atom stereocenters. The molecule has 0 N–H and O–H groups in total. The van der Waals surface area contributed by atoms with Crippen LogP contribution in [0.2, 0.25) is 0 Å². The first kappa shape index (κ1) is 11.0. The maximum atomic E-state index is 2.53. The van der Waals surface area contributed by atoms with E-state index in [1.165, 1.54) is 25.7 Å². The highest BCUT2D eigenvalue weighted by molar-refractivity contribution is 4.79. The normalized spacial score (nSPS) is 13.9. The molecule has 0 nitrogen and oxygen atoms in total. The molecule has 0 aliphatic rings. The van der Waals surface area contributed by atoms with Gasteiger partial charge in [0.15, 0.2) is 0 Å². The minimum absolute atomic E-state index is 0.824. The Morgan fingerprint density at radius 1 is 1.09 bits per heavy atom. The van der Waals surface area contributed by atoms with Crippen LogP contribution in [0.4, 0.5) is 0 Å². The van der Waals surface area contributed by atoms with Gasteiger partial charge in [0.1, 0.15) is 0 Å². The Kier molecular flexibility index (Phi) is 6.69. The molecule has 0 aromatic rings. The Bertz CT molecular complexity index is 72.1. The SMILES string of the molecule is CCCC(C)[CH]C(CC)CC. The van der Waals surface area contributed by atoms with Gasteiger partial charge in [-0.15, -0.1) is 0 Å². The number of hydrogen-bond acceptors (Lipinski definition) is 0. The van der Waals surface area contributed by atoms with Gasteiger partial charge in [-0.2, -0.15) is 0 Å². The molecule has 0 aliphatic heterocycles. The summed E-state index contributed by atoms with van der Waals surface area (Å²) in [6.45, 7) is 9.16. The lowest BCUT2D eigenvalue weighted by Crippen LogP contribution is -2.05. The monoisotopic (exact) mass is 155 g/mol. The Morgan fingerprint density at radius 3 is 2.00 bits per heavy atom. The highest BCUT2D eigenvalue weighted by atomic mass is 14.1. The molecule has 0 saturated carbocycles. The lowest BCUT2D eigenvalue weighted by Gasteiger charge is -2.16. The summed E-state index contributed by atoms with van der Waals surface area (Å²) in [5.41, 5.74) is 0. The van der Waals surface area contributed by atoms with Gasteiger partial charge >= 0.3 is 0 Å². The van der Waals surface area contributed by atoms with Gasteiger partial charge in [0.05, 0.1) is 0 Å². The molecule has 1 radical (unpaired) electrons. The van der Waals surface area contributed by atoms with E-state index in [0.717, 1.165) is 11.8 Å². The van der Waals surface area contributed by atoms with Crippen molar-refractivity contribution in [1.29, 1.82) is 0 Å². The van der Waals surface area contributed by atoms with Crippen molar-refractivity contribution < 1.29 is 0 Å². The predicted octanol–water partition coefficient (Wildman–Crippen LogP) is 4.06. The third kappa shape index (κ3) is 5.29. The van der Waals surface area contributed by atoms with E-state index in [9.17, 15) is 0 Å². The van der Waals surface area contributed by atoms with E-state index < -0.39 is 0 Å². The molecule has 0 spiro atoms. The molecule has 11 heavy (non-hydrogen) atoms. The first-order chi connectivity index (χ1) is 5.24. The average molecular weight is 155 g/mol. The summed E-state index contributed by atoms with van der Waals surface area (Å²) < 4.78 is 0. The highest BCUT2D eigenvalue weighted by Gasteiger charge is 2.08. The third-order valence-electron chi connectivity index (χ3n) is 2.39. The standard InChI is InChI=1S/C11H23/c1-5-8-10(4)9-11(6-2)7-3/h9-11H,5-8H2,1-4H3. The molecule has 1 unspecified atom stereocenters. The molecule has 0 heteroatoms. The van der Waals surface area contributed by atoms with Crippen LogP contribution in [0, 0.1) is 18.3 Å². The van der Waals surface area contributed by atoms with E-state index >= 15 is 0 Å². The largest absolute Gasteiger partial charge is 0.0654 e. The van der Waals surface area contributed by atoms with E-state index in [-0.39, 0.29) is 0 Å². The van der Waals surface area contributed by atoms with Crippen molar-refractivity contribution in [2.75, 3.05) is 0 Å². The summed E-state index contributed by atoms with van der Waals surface area (Å²) in [6.07, 6.45) is 7.83. The summed E-state index contributed by atoms with van der Waals surface area (Å²) in [6, 6.07) is 0. The quantitative estimate of drug-likeness (QED) is 0.542. The molecule has 67 valence electrons. The molecule has 0 bridgehead atoms. The van der Waals surface area contributed by atoms with Gasteiger partial charge in [-0.05, 0) is 18.3 Å². The maximum absolute atomic E-state index is 2.53. The molecule has 0 fully saturated rings. The minimum atomic E-state index is 0.824. The summed E-state index contributed by atoms with van der Waals surface area (Å²) >= 11 is 0.